The first-order valence-electron chi connectivity index (χ1n) is 20.3. The molecular formula is C42H57ClF4N8O6. The van der Waals surface area contributed by atoms with Crippen molar-refractivity contribution in [2.75, 3.05) is 18.4 Å². The van der Waals surface area contributed by atoms with Crippen LogP contribution in [0, 0.1) is 11.8 Å². The fourth-order valence-corrected chi connectivity index (χ4v) is 6.79. The van der Waals surface area contributed by atoms with Crippen LogP contribution in [0.25, 0.3) is 21.8 Å². The molecule has 6 rings (SSSR count). The third-order valence-corrected chi connectivity index (χ3v) is 9.69. The minimum absolute atomic E-state index is 0.178. The van der Waals surface area contributed by atoms with E-state index < -0.39 is 30.5 Å². The predicted octanol–water partition coefficient (Wildman–Crippen LogP) is 9.64. The number of carbonyl (C=O) groups is 2. The lowest BCUT2D eigenvalue weighted by Crippen LogP contribution is -2.37. The van der Waals surface area contributed by atoms with Gasteiger partial charge in [-0.15, -0.1) is 0 Å². The second kappa shape index (κ2) is 22.8. The topological polar surface area (TPSA) is 185 Å². The number of pyridine rings is 4. The van der Waals surface area contributed by atoms with Crippen molar-refractivity contribution in [1.29, 1.82) is 0 Å². The highest BCUT2D eigenvalue weighted by Crippen LogP contribution is 2.29. The summed E-state index contributed by atoms with van der Waals surface area (Å²) in [6.07, 6.45) is 10.2. The van der Waals surface area contributed by atoms with E-state index in [0.29, 0.717) is 53.1 Å². The first-order valence-corrected chi connectivity index (χ1v) is 20.6. The highest BCUT2D eigenvalue weighted by atomic mass is 35.5. The minimum Gasteiger partial charge on any atom is -0.444 e. The number of halogens is 5. The number of alkyl halides is 4. The van der Waals surface area contributed by atoms with Gasteiger partial charge in [0, 0.05) is 48.3 Å². The molecule has 336 valence electrons. The van der Waals surface area contributed by atoms with Gasteiger partial charge >= 0.3 is 25.4 Å². The lowest BCUT2D eigenvalue weighted by Gasteiger charge is -2.30. The molecule has 4 aromatic rings. The van der Waals surface area contributed by atoms with Crippen molar-refractivity contribution in [3.63, 3.8) is 0 Å². The van der Waals surface area contributed by atoms with Crippen LogP contribution in [0.1, 0.15) is 92.9 Å². The van der Waals surface area contributed by atoms with Crippen LogP contribution < -0.4 is 31.2 Å². The molecule has 0 spiro atoms. The van der Waals surface area contributed by atoms with Gasteiger partial charge in [0.2, 0.25) is 11.8 Å². The molecule has 2 amide bonds. The highest BCUT2D eigenvalue weighted by molar-refractivity contribution is 6.29. The molecule has 2 saturated carbocycles. The van der Waals surface area contributed by atoms with E-state index in [1.54, 1.807) is 30.3 Å². The molecule has 19 heteroatoms. The average molecular weight is 881 g/mol. The highest BCUT2D eigenvalue weighted by Gasteiger charge is 2.24. The lowest BCUT2D eigenvalue weighted by molar-refractivity contribution is -0.0525. The SMILES string of the molecule is CC(C)(C)OC(=O)NCC1CCC(N)CC1.CC(C)(C)OC(=O)NCC1CCC(Nc2ccc3ccnc(OC(F)F)c3n2)CC1.FC(F)Oc1nccc2ccc(Cl)nc12. The average Bonchev–Trinajstić information content (AvgIpc) is 3.17. The number of nitrogens with two attached hydrogens (primary N) is 1. The number of hydrogen-bond donors (Lipinski definition) is 4. The molecule has 2 aliphatic carbocycles. The molecule has 61 heavy (non-hydrogen) atoms. The Bertz CT molecular complexity index is 2010. The van der Waals surface area contributed by atoms with E-state index in [0.717, 1.165) is 51.4 Å². The van der Waals surface area contributed by atoms with Crippen molar-refractivity contribution in [2.24, 2.45) is 17.6 Å². The van der Waals surface area contributed by atoms with Gasteiger partial charge in [0.05, 0.1) is 0 Å². The maximum atomic E-state index is 12.6. The van der Waals surface area contributed by atoms with Crippen molar-refractivity contribution in [3.05, 3.63) is 53.9 Å². The zero-order chi connectivity index (χ0) is 44.7. The third-order valence-electron chi connectivity index (χ3n) is 9.48. The zero-order valence-electron chi connectivity index (χ0n) is 35.4. The summed E-state index contributed by atoms with van der Waals surface area (Å²) in [6, 6.07) is 10.8. The second-order valence-electron chi connectivity index (χ2n) is 16.9. The Morgan fingerprint density at radius 3 is 1.59 bits per heavy atom. The number of hydrogen-bond acceptors (Lipinski definition) is 12. The molecular weight excluding hydrogens is 824 g/mol. The molecule has 0 aromatic carbocycles. The molecule has 0 unspecified atom stereocenters. The van der Waals surface area contributed by atoms with Gasteiger partial charge in [-0.05, 0) is 141 Å². The number of amides is 2. The Morgan fingerprint density at radius 1 is 0.689 bits per heavy atom. The first-order chi connectivity index (χ1) is 28.7. The molecule has 5 N–H and O–H groups in total. The van der Waals surface area contributed by atoms with Crippen LogP contribution in [0.5, 0.6) is 11.8 Å². The van der Waals surface area contributed by atoms with Gasteiger partial charge < -0.3 is 40.6 Å². The number of carbonyl (C=O) groups excluding carboxylic acids is 2. The Kier molecular flexibility index (Phi) is 18.2. The fourth-order valence-electron chi connectivity index (χ4n) is 6.64. The Balaban J connectivity index is 0.000000222. The van der Waals surface area contributed by atoms with Gasteiger partial charge in [-0.25, -0.2) is 29.5 Å². The van der Waals surface area contributed by atoms with Crippen LogP contribution in [0.3, 0.4) is 0 Å². The van der Waals surface area contributed by atoms with Gasteiger partial charge in [-0.3, -0.25) is 0 Å². The smallest absolute Gasteiger partial charge is 0.407 e. The number of alkyl carbamates (subject to hydrolysis) is 2. The summed E-state index contributed by atoms with van der Waals surface area (Å²) in [4.78, 5) is 39.0. The number of nitrogens with zero attached hydrogens (tertiary/aromatic N) is 4. The summed E-state index contributed by atoms with van der Waals surface area (Å²) in [7, 11) is 0. The van der Waals surface area contributed by atoms with Gasteiger partial charge in [0.25, 0.3) is 0 Å². The van der Waals surface area contributed by atoms with Gasteiger partial charge in [0.1, 0.15) is 33.2 Å². The summed E-state index contributed by atoms with van der Waals surface area (Å²) in [5.74, 6) is 1.17. The molecule has 4 heterocycles. The molecule has 0 bridgehead atoms. The molecule has 14 nitrogen and oxygen atoms in total. The fraction of sp³-hybridized carbons (Fsp3) is 0.571. The molecule has 0 atom stereocenters. The van der Waals surface area contributed by atoms with Crippen molar-refractivity contribution < 1.29 is 46.1 Å². The first kappa shape index (κ1) is 48.7. The number of rotatable bonds is 10. The number of fused-ring (bicyclic) bond motifs is 2. The quantitative estimate of drug-likeness (QED) is 0.0875. The molecule has 2 aliphatic rings. The Labute approximate surface area is 358 Å². The van der Waals surface area contributed by atoms with Crippen LogP contribution >= 0.6 is 11.6 Å². The summed E-state index contributed by atoms with van der Waals surface area (Å²) in [6.45, 7) is 6.53. The van der Waals surface area contributed by atoms with Crippen molar-refractivity contribution in [3.8, 4) is 11.8 Å². The molecule has 0 radical (unpaired) electrons. The zero-order valence-corrected chi connectivity index (χ0v) is 36.1. The van der Waals surface area contributed by atoms with Crippen LogP contribution in [-0.4, -0.2) is 81.7 Å². The van der Waals surface area contributed by atoms with Crippen LogP contribution in [0.15, 0.2) is 48.8 Å². The Hall–Kier alpha value is -4.97. The summed E-state index contributed by atoms with van der Waals surface area (Å²) >= 11 is 5.65. The summed E-state index contributed by atoms with van der Waals surface area (Å²) in [5, 5.41) is 10.6. The molecule has 2 fully saturated rings. The van der Waals surface area contributed by atoms with E-state index >= 15 is 0 Å². The van der Waals surface area contributed by atoms with Crippen molar-refractivity contribution >= 4 is 51.4 Å². The molecule has 0 saturated heterocycles. The maximum absolute atomic E-state index is 12.6. The second-order valence-corrected chi connectivity index (χ2v) is 17.3. The lowest BCUT2D eigenvalue weighted by atomic mass is 9.86. The van der Waals surface area contributed by atoms with E-state index in [2.05, 4.69) is 45.4 Å². The van der Waals surface area contributed by atoms with Crippen molar-refractivity contribution in [2.45, 2.75) is 129 Å². The van der Waals surface area contributed by atoms with E-state index in [1.165, 1.54) is 12.4 Å². The van der Waals surface area contributed by atoms with E-state index in [-0.39, 0.29) is 34.6 Å². The predicted molar refractivity (Wildman–Crippen MR) is 225 cm³/mol. The largest absolute Gasteiger partial charge is 0.444 e. The number of ether oxygens (including phenoxy) is 4. The van der Waals surface area contributed by atoms with Gasteiger partial charge in [-0.1, -0.05) is 11.6 Å². The van der Waals surface area contributed by atoms with Crippen LogP contribution in [0.2, 0.25) is 5.15 Å². The number of nitrogens with one attached hydrogen (secondary N) is 3. The van der Waals surface area contributed by atoms with Crippen LogP contribution in [0.4, 0.5) is 33.0 Å². The van der Waals surface area contributed by atoms with E-state index in [1.807, 2.05) is 47.6 Å². The van der Waals surface area contributed by atoms with E-state index in [4.69, 9.17) is 26.8 Å². The Morgan fingerprint density at radius 2 is 1.13 bits per heavy atom. The minimum atomic E-state index is -2.95. The normalized spacial score (nSPS) is 19.2. The van der Waals surface area contributed by atoms with Gasteiger partial charge in [0.15, 0.2) is 0 Å². The van der Waals surface area contributed by atoms with Crippen molar-refractivity contribution in [1.82, 2.24) is 30.6 Å². The molecule has 4 aromatic heterocycles. The van der Waals surface area contributed by atoms with Gasteiger partial charge in [-0.2, -0.15) is 17.6 Å². The summed E-state index contributed by atoms with van der Waals surface area (Å²) in [5.41, 5.74) is 5.43. The summed E-state index contributed by atoms with van der Waals surface area (Å²) < 4.78 is 68.4. The third kappa shape index (κ3) is 17.9. The van der Waals surface area contributed by atoms with Crippen LogP contribution in [-0.2, 0) is 9.47 Å². The number of aromatic nitrogens is 4. The van der Waals surface area contributed by atoms with E-state index in [9.17, 15) is 27.2 Å². The maximum Gasteiger partial charge on any atom is 0.407 e. The monoisotopic (exact) mass is 880 g/mol. The molecule has 0 aliphatic heterocycles. The standard InChI is InChI=1S/C21H28F2N4O3.C12H24N2O2.C9H5ClF2N2O/c1-21(2,3)30-20(28)25-12-13-4-7-15(8-5-13)26-16-9-6-14-10-11-24-18(17(14)27-16)29-19(22)23;1-12(2,3)16-11(15)14-8-9-4-6-10(13)7-5-9;10-6-2-1-5-3-4-13-8(7(5)14-6)15-9(11)12/h6,9-11,13,15,19H,4-5,7-8,12H2,1-3H3,(H,25,28)(H,26,27);9-10H,4-8,13H2,1-3H3,(H,14,15);1-4,9H. The number of anilines is 1.